The van der Waals surface area contributed by atoms with Gasteiger partial charge in [-0.2, -0.15) is 5.10 Å². The van der Waals surface area contributed by atoms with Gasteiger partial charge in [0.25, 0.3) is 0 Å². The number of para-hydroxylation sites is 1. The number of aromatic nitrogens is 2. The molecule has 0 bridgehead atoms. The van der Waals surface area contributed by atoms with Crippen LogP contribution in [0.5, 0.6) is 0 Å². The van der Waals surface area contributed by atoms with Crippen molar-refractivity contribution in [1.29, 1.82) is 0 Å². The van der Waals surface area contributed by atoms with E-state index in [1.54, 1.807) is 0 Å². The molecule has 1 aliphatic heterocycles. The first kappa shape index (κ1) is 17.8. The van der Waals surface area contributed by atoms with Crippen molar-refractivity contribution >= 4 is 33.0 Å². The van der Waals surface area contributed by atoms with E-state index < -0.39 is 0 Å². The second-order valence-corrected chi connectivity index (χ2v) is 9.28. The summed E-state index contributed by atoms with van der Waals surface area (Å²) in [6, 6.07) is 14.8. The molecular weight excluding hydrogens is 408 g/mol. The molecule has 1 fully saturated rings. The number of hydrogen-bond donors (Lipinski definition) is 0. The Labute approximate surface area is 167 Å². The minimum atomic E-state index is 1.05. The number of hydrogen-bond acceptors (Lipinski definition) is 4. The maximum Gasteiger partial charge on any atom is 0.0834 e. The van der Waals surface area contributed by atoms with Crippen molar-refractivity contribution in [2.45, 2.75) is 20.4 Å². The molecule has 0 radical (unpaired) electrons. The summed E-state index contributed by atoms with van der Waals surface area (Å²) in [4.78, 5) is 6.47. The zero-order chi connectivity index (χ0) is 18.1. The average molecular weight is 431 g/mol. The fourth-order valence-electron chi connectivity index (χ4n) is 3.70. The maximum atomic E-state index is 4.80. The standard InChI is InChI=1S/C20H23BrN4S/c1-15-20(16(2)25(22-15)17-6-4-3-5-7-17)24-12-10-23(11-13-24)14-18-8-9-19(21)26-18/h3-9H,10-14H2,1-2H3. The van der Waals surface area contributed by atoms with E-state index in [0.717, 1.165) is 44.1 Å². The van der Waals surface area contributed by atoms with Crippen molar-refractivity contribution in [3.8, 4) is 5.69 Å². The Hall–Kier alpha value is -1.63. The first-order valence-electron chi connectivity index (χ1n) is 8.95. The van der Waals surface area contributed by atoms with Gasteiger partial charge in [0.1, 0.15) is 0 Å². The Balaban J connectivity index is 1.47. The van der Waals surface area contributed by atoms with Crippen LogP contribution in [0.1, 0.15) is 16.3 Å². The number of nitrogens with zero attached hydrogens (tertiary/aromatic N) is 4. The monoisotopic (exact) mass is 430 g/mol. The van der Waals surface area contributed by atoms with Crippen LogP contribution < -0.4 is 4.90 Å². The van der Waals surface area contributed by atoms with Crippen molar-refractivity contribution in [2.75, 3.05) is 31.1 Å². The van der Waals surface area contributed by atoms with Crippen LogP contribution in [-0.2, 0) is 6.54 Å². The SMILES string of the molecule is Cc1nn(-c2ccccc2)c(C)c1N1CCN(Cc2ccc(Br)s2)CC1. The summed E-state index contributed by atoms with van der Waals surface area (Å²) < 4.78 is 3.28. The van der Waals surface area contributed by atoms with Crippen molar-refractivity contribution in [3.63, 3.8) is 0 Å². The highest BCUT2D eigenvalue weighted by atomic mass is 79.9. The number of aryl methyl sites for hydroxylation is 1. The van der Waals surface area contributed by atoms with Gasteiger partial charge in [0.2, 0.25) is 0 Å². The van der Waals surface area contributed by atoms with E-state index in [-0.39, 0.29) is 0 Å². The molecule has 0 saturated carbocycles. The van der Waals surface area contributed by atoms with Crippen molar-refractivity contribution < 1.29 is 0 Å². The van der Waals surface area contributed by atoms with Gasteiger partial charge in [0, 0.05) is 37.6 Å². The Morgan fingerprint density at radius 1 is 1.00 bits per heavy atom. The molecular formula is C20H23BrN4S. The number of rotatable bonds is 4. The van der Waals surface area contributed by atoms with Crippen molar-refractivity contribution in [3.05, 3.63) is 62.5 Å². The molecule has 2 aromatic heterocycles. The summed E-state index contributed by atoms with van der Waals surface area (Å²) in [5.41, 5.74) is 4.76. The largest absolute Gasteiger partial charge is 0.366 e. The smallest absolute Gasteiger partial charge is 0.0834 e. The lowest BCUT2D eigenvalue weighted by atomic mass is 10.2. The Morgan fingerprint density at radius 2 is 1.73 bits per heavy atom. The molecule has 0 atom stereocenters. The molecule has 4 nitrogen and oxygen atoms in total. The van der Waals surface area contributed by atoms with Crippen LogP contribution in [0.3, 0.4) is 0 Å². The number of piperazine rings is 1. The Bertz CT molecular complexity index is 879. The molecule has 3 heterocycles. The molecule has 0 N–H and O–H groups in total. The van der Waals surface area contributed by atoms with Gasteiger partial charge in [-0.3, -0.25) is 4.90 Å². The van der Waals surface area contributed by atoms with E-state index in [1.807, 2.05) is 17.4 Å². The summed E-state index contributed by atoms with van der Waals surface area (Å²) in [7, 11) is 0. The lowest BCUT2D eigenvalue weighted by Gasteiger charge is -2.36. The predicted molar refractivity (Wildman–Crippen MR) is 113 cm³/mol. The van der Waals surface area contributed by atoms with Crippen LogP contribution in [0.4, 0.5) is 5.69 Å². The van der Waals surface area contributed by atoms with Crippen LogP contribution in [-0.4, -0.2) is 40.9 Å². The summed E-state index contributed by atoms with van der Waals surface area (Å²) in [6.45, 7) is 9.62. The normalized spacial score (nSPS) is 15.6. The van der Waals surface area contributed by atoms with Crippen LogP contribution >= 0.6 is 27.3 Å². The van der Waals surface area contributed by atoms with Crippen LogP contribution in [0, 0.1) is 13.8 Å². The van der Waals surface area contributed by atoms with E-state index in [9.17, 15) is 0 Å². The molecule has 1 aromatic carbocycles. The van der Waals surface area contributed by atoms with Gasteiger partial charge in [-0.25, -0.2) is 4.68 Å². The third kappa shape index (κ3) is 3.59. The third-order valence-corrected chi connectivity index (χ3v) is 6.56. The molecule has 0 spiro atoms. The van der Waals surface area contributed by atoms with Gasteiger partial charge < -0.3 is 4.90 Å². The minimum Gasteiger partial charge on any atom is -0.366 e. The summed E-state index contributed by atoms with van der Waals surface area (Å²) in [5, 5.41) is 4.80. The summed E-state index contributed by atoms with van der Waals surface area (Å²) in [6.07, 6.45) is 0. The zero-order valence-corrected chi connectivity index (χ0v) is 17.6. The molecule has 3 aromatic rings. The van der Waals surface area contributed by atoms with Gasteiger partial charge >= 0.3 is 0 Å². The van der Waals surface area contributed by atoms with Crippen LogP contribution in [0.25, 0.3) is 5.69 Å². The predicted octanol–water partition coefficient (Wildman–Crippen LogP) is 4.64. The van der Waals surface area contributed by atoms with Crippen LogP contribution in [0.15, 0.2) is 46.3 Å². The van der Waals surface area contributed by atoms with Gasteiger partial charge in [0.15, 0.2) is 0 Å². The van der Waals surface area contributed by atoms with Gasteiger partial charge in [-0.1, -0.05) is 18.2 Å². The summed E-state index contributed by atoms with van der Waals surface area (Å²) in [5.74, 6) is 0. The number of halogens is 1. The molecule has 0 aliphatic carbocycles. The molecule has 0 amide bonds. The number of anilines is 1. The Morgan fingerprint density at radius 3 is 2.38 bits per heavy atom. The third-order valence-electron chi connectivity index (χ3n) is 4.95. The van der Waals surface area contributed by atoms with Gasteiger partial charge in [-0.15, -0.1) is 11.3 Å². The van der Waals surface area contributed by atoms with Crippen molar-refractivity contribution in [2.24, 2.45) is 0 Å². The van der Waals surface area contributed by atoms with Crippen LogP contribution in [0.2, 0.25) is 0 Å². The minimum absolute atomic E-state index is 1.05. The topological polar surface area (TPSA) is 24.3 Å². The first-order chi connectivity index (χ1) is 12.6. The van der Waals surface area contributed by atoms with E-state index in [0.29, 0.717) is 0 Å². The highest BCUT2D eigenvalue weighted by Crippen LogP contribution is 2.28. The zero-order valence-electron chi connectivity index (χ0n) is 15.2. The molecule has 26 heavy (non-hydrogen) atoms. The molecule has 1 saturated heterocycles. The quantitative estimate of drug-likeness (QED) is 0.602. The lowest BCUT2D eigenvalue weighted by Crippen LogP contribution is -2.46. The maximum absolute atomic E-state index is 4.80. The second-order valence-electron chi connectivity index (χ2n) is 6.74. The van der Waals surface area contributed by atoms with E-state index in [2.05, 4.69) is 80.7 Å². The Kier molecular flexibility index (Phi) is 5.16. The number of thiophene rings is 1. The molecule has 0 unspecified atom stereocenters. The molecule has 6 heteroatoms. The second kappa shape index (κ2) is 7.55. The molecule has 4 rings (SSSR count). The summed E-state index contributed by atoms with van der Waals surface area (Å²) >= 11 is 5.39. The van der Waals surface area contributed by atoms with E-state index in [4.69, 9.17) is 5.10 Å². The van der Waals surface area contributed by atoms with Gasteiger partial charge in [-0.05, 0) is 54.0 Å². The number of benzene rings is 1. The average Bonchev–Trinajstić information content (AvgIpc) is 3.19. The fraction of sp³-hybridized carbons (Fsp3) is 0.350. The first-order valence-corrected chi connectivity index (χ1v) is 10.6. The molecule has 1 aliphatic rings. The fourth-order valence-corrected chi connectivity index (χ4v) is 5.23. The highest BCUT2D eigenvalue weighted by Gasteiger charge is 2.23. The molecule has 136 valence electrons. The van der Waals surface area contributed by atoms with Gasteiger partial charge in [0.05, 0.1) is 26.5 Å². The lowest BCUT2D eigenvalue weighted by molar-refractivity contribution is 0.252. The van der Waals surface area contributed by atoms with E-state index in [1.165, 1.54) is 20.0 Å². The van der Waals surface area contributed by atoms with Crippen molar-refractivity contribution in [1.82, 2.24) is 14.7 Å². The highest BCUT2D eigenvalue weighted by molar-refractivity contribution is 9.11. The van der Waals surface area contributed by atoms with E-state index >= 15 is 0 Å².